The third-order valence-corrected chi connectivity index (χ3v) is 6.52. The molecule has 19 heavy (non-hydrogen) atoms. The van der Waals surface area contributed by atoms with Gasteiger partial charge in [0.25, 0.3) is 10.0 Å². The van der Waals surface area contributed by atoms with Crippen LogP contribution in [0.3, 0.4) is 0 Å². The Bertz CT molecular complexity index is 674. The van der Waals surface area contributed by atoms with Crippen LogP contribution >= 0.6 is 46.1 Å². The summed E-state index contributed by atoms with van der Waals surface area (Å²) in [5.74, 6) is 0.741. The SMILES string of the molecule is CC(C)c1nsc(NS(=O)(=O)c2cc(Cl)c(Cl)s2)n1. The summed E-state index contributed by atoms with van der Waals surface area (Å²) in [4.78, 5) is 4.11. The maximum atomic E-state index is 12.1. The molecule has 2 aromatic rings. The van der Waals surface area contributed by atoms with Gasteiger partial charge in [0.15, 0.2) is 0 Å². The molecule has 10 heteroatoms. The van der Waals surface area contributed by atoms with Crippen molar-refractivity contribution < 1.29 is 8.42 Å². The highest BCUT2D eigenvalue weighted by Crippen LogP contribution is 2.35. The number of aromatic nitrogens is 2. The molecule has 0 saturated carbocycles. The summed E-state index contributed by atoms with van der Waals surface area (Å²) in [6.45, 7) is 3.86. The monoisotopic (exact) mass is 357 g/mol. The first-order chi connectivity index (χ1) is 8.79. The zero-order chi connectivity index (χ0) is 14.2. The summed E-state index contributed by atoms with van der Waals surface area (Å²) < 4.78 is 30.8. The van der Waals surface area contributed by atoms with Gasteiger partial charge in [-0.2, -0.15) is 4.37 Å². The third-order valence-electron chi connectivity index (χ3n) is 2.07. The van der Waals surface area contributed by atoms with Gasteiger partial charge in [-0.05, 0) is 6.07 Å². The lowest BCUT2D eigenvalue weighted by molar-refractivity contribution is 0.603. The summed E-state index contributed by atoms with van der Waals surface area (Å²) in [5.41, 5.74) is 0. The Labute approximate surface area is 128 Å². The number of thiophene rings is 1. The predicted molar refractivity (Wildman–Crippen MR) is 79.1 cm³/mol. The van der Waals surface area contributed by atoms with Crippen molar-refractivity contribution >= 4 is 61.2 Å². The second-order valence-corrected chi connectivity index (χ2v) is 8.63. The normalized spacial score (nSPS) is 12.1. The van der Waals surface area contributed by atoms with E-state index in [9.17, 15) is 8.42 Å². The second kappa shape index (κ2) is 5.53. The molecule has 0 radical (unpaired) electrons. The summed E-state index contributed by atoms with van der Waals surface area (Å²) in [7, 11) is -3.72. The van der Waals surface area contributed by atoms with E-state index in [4.69, 9.17) is 23.2 Å². The van der Waals surface area contributed by atoms with Crippen molar-refractivity contribution in [1.29, 1.82) is 0 Å². The van der Waals surface area contributed by atoms with E-state index >= 15 is 0 Å². The number of nitrogens with zero attached hydrogens (tertiary/aromatic N) is 2. The number of hydrogen-bond donors (Lipinski definition) is 1. The molecule has 0 aliphatic rings. The van der Waals surface area contributed by atoms with Crippen molar-refractivity contribution in [1.82, 2.24) is 9.36 Å². The minimum Gasteiger partial charge on any atom is -0.253 e. The van der Waals surface area contributed by atoms with Gasteiger partial charge in [0.1, 0.15) is 14.4 Å². The zero-order valence-electron chi connectivity index (χ0n) is 9.85. The van der Waals surface area contributed by atoms with Crippen LogP contribution in [0.5, 0.6) is 0 Å². The number of hydrogen-bond acceptors (Lipinski definition) is 6. The van der Waals surface area contributed by atoms with Gasteiger partial charge in [-0.3, -0.25) is 4.72 Å². The van der Waals surface area contributed by atoms with Crippen molar-refractivity contribution in [2.75, 3.05) is 4.72 Å². The predicted octanol–water partition coefficient (Wildman–Crippen LogP) is 3.83. The summed E-state index contributed by atoms with van der Waals surface area (Å²) >= 11 is 13.4. The molecule has 2 heterocycles. The van der Waals surface area contributed by atoms with E-state index in [-0.39, 0.29) is 24.6 Å². The maximum absolute atomic E-state index is 12.1. The van der Waals surface area contributed by atoms with E-state index in [0.29, 0.717) is 5.82 Å². The Kier molecular flexibility index (Phi) is 4.36. The largest absolute Gasteiger partial charge is 0.273 e. The lowest BCUT2D eigenvalue weighted by atomic mass is 10.2. The Hall–Kier alpha value is -0.410. The molecule has 0 atom stereocenters. The smallest absolute Gasteiger partial charge is 0.253 e. The molecule has 0 amide bonds. The molecule has 0 fully saturated rings. The van der Waals surface area contributed by atoms with Gasteiger partial charge in [0, 0.05) is 17.5 Å². The molecule has 2 rings (SSSR count). The Morgan fingerprint density at radius 2 is 2.05 bits per heavy atom. The number of sulfonamides is 1. The van der Waals surface area contributed by atoms with E-state index < -0.39 is 10.0 Å². The molecule has 2 aromatic heterocycles. The highest BCUT2D eigenvalue weighted by atomic mass is 35.5. The molecule has 1 N–H and O–H groups in total. The molecule has 0 aliphatic heterocycles. The number of anilines is 1. The van der Waals surface area contributed by atoms with E-state index in [1.807, 2.05) is 13.8 Å². The van der Waals surface area contributed by atoms with Crippen molar-refractivity contribution in [3.05, 3.63) is 21.2 Å². The zero-order valence-corrected chi connectivity index (χ0v) is 13.8. The number of rotatable bonds is 4. The van der Waals surface area contributed by atoms with Crippen LogP contribution in [0.25, 0.3) is 0 Å². The Morgan fingerprint density at radius 1 is 1.37 bits per heavy atom. The molecule has 0 aromatic carbocycles. The van der Waals surface area contributed by atoms with E-state index in [0.717, 1.165) is 22.9 Å². The van der Waals surface area contributed by atoms with Crippen LogP contribution < -0.4 is 4.72 Å². The number of halogens is 2. The molecular weight excluding hydrogens is 349 g/mol. The second-order valence-electron chi connectivity index (χ2n) is 3.91. The van der Waals surface area contributed by atoms with Gasteiger partial charge < -0.3 is 0 Å². The van der Waals surface area contributed by atoms with Gasteiger partial charge >= 0.3 is 0 Å². The third kappa shape index (κ3) is 3.38. The van der Waals surface area contributed by atoms with Crippen molar-refractivity contribution in [2.24, 2.45) is 0 Å². The van der Waals surface area contributed by atoms with E-state index in [1.54, 1.807) is 0 Å². The number of nitrogens with one attached hydrogen (secondary N) is 1. The summed E-state index contributed by atoms with van der Waals surface area (Å²) in [6, 6.07) is 1.31. The van der Waals surface area contributed by atoms with Crippen molar-refractivity contribution in [3.63, 3.8) is 0 Å². The van der Waals surface area contributed by atoms with E-state index in [2.05, 4.69) is 14.1 Å². The molecule has 0 bridgehead atoms. The highest BCUT2D eigenvalue weighted by molar-refractivity contribution is 7.94. The first-order valence-electron chi connectivity index (χ1n) is 5.11. The van der Waals surface area contributed by atoms with Crippen LogP contribution in [0.4, 0.5) is 5.13 Å². The summed E-state index contributed by atoms with van der Waals surface area (Å²) in [5, 5.41) is 0.441. The molecule has 0 spiro atoms. The standard InChI is InChI=1S/C9H9Cl2N3O2S3/c1-4(2)8-12-9(18-13-8)14-19(15,16)6-3-5(10)7(11)17-6/h3-4H,1-2H3,(H,12,13,14). The fourth-order valence-electron chi connectivity index (χ4n) is 1.14. The first-order valence-corrected chi connectivity index (χ1v) is 8.94. The molecule has 0 saturated heterocycles. The van der Waals surface area contributed by atoms with Crippen molar-refractivity contribution in [3.8, 4) is 0 Å². The quantitative estimate of drug-likeness (QED) is 0.902. The van der Waals surface area contributed by atoms with Gasteiger partial charge in [0.05, 0.1) is 5.02 Å². The van der Waals surface area contributed by atoms with Gasteiger partial charge in [-0.25, -0.2) is 13.4 Å². The van der Waals surface area contributed by atoms with Crippen molar-refractivity contribution in [2.45, 2.75) is 24.0 Å². The topological polar surface area (TPSA) is 72.0 Å². The van der Waals surface area contributed by atoms with Crippen LogP contribution in [0.2, 0.25) is 9.36 Å². The molecule has 0 aliphatic carbocycles. The average molecular weight is 358 g/mol. The molecule has 0 unspecified atom stereocenters. The van der Waals surface area contributed by atoms with Crippen LogP contribution in [0, 0.1) is 0 Å². The first kappa shape index (κ1) is 15.0. The minimum atomic E-state index is -3.72. The molecule has 5 nitrogen and oxygen atoms in total. The van der Waals surface area contributed by atoms with Gasteiger partial charge in [-0.15, -0.1) is 11.3 Å². The summed E-state index contributed by atoms with van der Waals surface area (Å²) in [6.07, 6.45) is 0. The Balaban J connectivity index is 2.25. The minimum absolute atomic E-state index is 0.0452. The fraction of sp³-hybridized carbons (Fsp3) is 0.333. The highest BCUT2D eigenvalue weighted by Gasteiger charge is 2.21. The van der Waals surface area contributed by atoms with Gasteiger partial charge in [0.2, 0.25) is 5.13 Å². The lowest BCUT2D eigenvalue weighted by Crippen LogP contribution is -2.11. The van der Waals surface area contributed by atoms with Gasteiger partial charge in [-0.1, -0.05) is 37.0 Å². The van der Waals surface area contributed by atoms with Crippen LogP contribution in [0.1, 0.15) is 25.6 Å². The lowest BCUT2D eigenvalue weighted by Gasteiger charge is -2.01. The maximum Gasteiger partial charge on any atom is 0.273 e. The Morgan fingerprint density at radius 3 is 2.53 bits per heavy atom. The van der Waals surface area contributed by atoms with E-state index in [1.165, 1.54) is 6.07 Å². The average Bonchev–Trinajstić information content (AvgIpc) is 2.87. The van der Waals surface area contributed by atoms with Crippen LogP contribution in [-0.2, 0) is 10.0 Å². The molecular formula is C9H9Cl2N3O2S3. The van der Waals surface area contributed by atoms with Crippen LogP contribution in [0.15, 0.2) is 10.3 Å². The molecule has 104 valence electrons. The van der Waals surface area contributed by atoms with Crippen LogP contribution in [-0.4, -0.2) is 17.8 Å². The fourth-order valence-corrected chi connectivity index (χ4v) is 4.95.